The number of nitrogens with zero attached hydrogens (tertiary/aromatic N) is 4. The number of benzene rings is 1. The topological polar surface area (TPSA) is 99.8 Å². The normalized spacial score (nSPS) is 17.5. The van der Waals surface area contributed by atoms with Crippen molar-refractivity contribution in [3.8, 4) is 0 Å². The molecule has 0 spiro atoms. The molecule has 0 saturated carbocycles. The molecule has 8 nitrogen and oxygen atoms in total. The predicted molar refractivity (Wildman–Crippen MR) is 118 cm³/mol. The van der Waals surface area contributed by atoms with E-state index in [-0.39, 0.29) is 12.2 Å². The van der Waals surface area contributed by atoms with Crippen molar-refractivity contribution in [2.24, 2.45) is 5.73 Å². The lowest BCUT2D eigenvalue weighted by molar-refractivity contribution is 0.0764. The third kappa shape index (κ3) is 5.03. The van der Waals surface area contributed by atoms with Crippen LogP contribution in [0.1, 0.15) is 25.1 Å². The van der Waals surface area contributed by atoms with Gasteiger partial charge in [-0.15, -0.1) is 0 Å². The van der Waals surface area contributed by atoms with Gasteiger partial charge in [0, 0.05) is 43.0 Å². The van der Waals surface area contributed by atoms with Crippen LogP contribution < -0.4 is 10.6 Å². The minimum atomic E-state index is -3.33. The molecular formula is C21H28FN5O3S. The highest BCUT2D eigenvalue weighted by atomic mass is 32.2. The number of rotatable bonds is 5. The number of aromatic nitrogens is 1. The summed E-state index contributed by atoms with van der Waals surface area (Å²) >= 11 is 0. The van der Waals surface area contributed by atoms with Crippen molar-refractivity contribution >= 4 is 27.4 Å². The maximum atomic E-state index is 15.5. The second kappa shape index (κ2) is 8.52. The smallest absolute Gasteiger partial charge is 0.324 e. The summed E-state index contributed by atoms with van der Waals surface area (Å²) in [6.07, 6.45) is 2.67. The van der Waals surface area contributed by atoms with E-state index in [2.05, 4.69) is 4.98 Å². The van der Waals surface area contributed by atoms with Crippen LogP contribution in [-0.2, 0) is 16.6 Å². The Balaban J connectivity index is 1.87. The average molecular weight is 450 g/mol. The number of urea groups is 1. The zero-order valence-electron chi connectivity index (χ0n) is 18.2. The summed E-state index contributed by atoms with van der Waals surface area (Å²) in [5.74, 6) is -0.551. The molecule has 31 heavy (non-hydrogen) atoms. The molecule has 10 heteroatoms. The highest BCUT2D eigenvalue weighted by Gasteiger charge is 2.39. The van der Waals surface area contributed by atoms with E-state index in [4.69, 9.17) is 5.73 Å². The summed E-state index contributed by atoms with van der Waals surface area (Å²) < 4.78 is 41.0. The van der Waals surface area contributed by atoms with Crippen molar-refractivity contribution < 1.29 is 17.6 Å². The Morgan fingerprint density at radius 1 is 1.26 bits per heavy atom. The monoisotopic (exact) mass is 449 g/mol. The largest absolute Gasteiger partial charge is 0.351 e. The molecular weight excluding hydrogens is 421 g/mol. The number of hydrogen-bond acceptors (Lipinski definition) is 5. The van der Waals surface area contributed by atoms with Gasteiger partial charge in [-0.25, -0.2) is 17.6 Å². The van der Waals surface area contributed by atoms with Crippen molar-refractivity contribution in [1.82, 2.24) is 14.2 Å². The molecule has 1 saturated heterocycles. The number of amides is 2. The molecule has 2 heterocycles. The molecule has 0 radical (unpaired) electrons. The van der Waals surface area contributed by atoms with Crippen LogP contribution >= 0.6 is 0 Å². The fourth-order valence-corrected chi connectivity index (χ4v) is 5.44. The molecule has 1 aliphatic rings. The Bertz CT molecular complexity index is 1070. The summed E-state index contributed by atoms with van der Waals surface area (Å²) in [6.45, 7) is 7.05. The number of anilines is 2. The first kappa shape index (κ1) is 23.1. The van der Waals surface area contributed by atoms with Crippen molar-refractivity contribution in [3.63, 3.8) is 0 Å². The molecule has 0 bridgehead atoms. The Labute approximate surface area is 182 Å². The number of aryl methyl sites for hydroxylation is 1. The predicted octanol–water partition coefficient (Wildman–Crippen LogP) is 2.60. The summed E-state index contributed by atoms with van der Waals surface area (Å²) in [7, 11) is -3.33. The SMILES string of the molecule is Cc1ccc(N(C(N)=O)c2cccc(CN3CCN(S(C)(=O)=O)C(C)(C)C3)c2F)cn1. The van der Waals surface area contributed by atoms with Crippen molar-refractivity contribution in [2.45, 2.75) is 32.9 Å². The summed E-state index contributed by atoms with van der Waals surface area (Å²) in [4.78, 5) is 19.4. The molecule has 3 rings (SSSR count). The van der Waals surface area contributed by atoms with Crippen LogP contribution in [0.25, 0.3) is 0 Å². The van der Waals surface area contributed by atoms with Gasteiger partial charge in [0.25, 0.3) is 0 Å². The van der Waals surface area contributed by atoms with Gasteiger partial charge in [-0.2, -0.15) is 4.31 Å². The van der Waals surface area contributed by atoms with E-state index in [9.17, 15) is 13.2 Å². The summed E-state index contributed by atoms with van der Waals surface area (Å²) in [5, 5.41) is 0. The van der Waals surface area contributed by atoms with Gasteiger partial charge in [0.1, 0.15) is 0 Å². The molecule has 2 aromatic rings. The first-order chi connectivity index (χ1) is 14.4. The van der Waals surface area contributed by atoms with Crippen molar-refractivity contribution in [2.75, 3.05) is 30.8 Å². The molecule has 0 unspecified atom stereocenters. The molecule has 0 atom stereocenters. The van der Waals surface area contributed by atoms with Crippen LogP contribution in [0.2, 0.25) is 0 Å². The number of primary amides is 1. The van der Waals surface area contributed by atoms with Gasteiger partial charge in [0.15, 0.2) is 5.82 Å². The van der Waals surface area contributed by atoms with E-state index in [0.717, 1.165) is 10.6 Å². The molecule has 2 amide bonds. The maximum Gasteiger partial charge on any atom is 0.324 e. The van der Waals surface area contributed by atoms with E-state index < -0.39 is 27.4 Å². The zero-order chi connectivity index (χ0) is 23.0. The zero-order valence-corrected chi connectivity index (χ0v) is 19.0. The van der Waals surface area contributed by atoms with Crippen LogP contribution in [0.15, 0.2) is 36.5 Å². The Hall–Kier alpha value is -2.56. The fraction of sp³-hybridized carbons (Fsp3) is 0.429. The lowest BCUT2D eigenvalue weighted by Crippen LogP contribution is -2.60. The van der Waals surface area contributed by atoms with Gasteiger partial charge in [0.2, 0.25) is 10.0 Å². The number of pyridine rings is 1. The molecule has 1 aromatic carbocycles. The van der Waals surface area contributed by atoms with Crippen LogP contribution in [-0.4, -0.2) is 60.1 Å². The van der Waals surface area contributed by atoms with E-state index in [1.54, 1.807) is 24.3 Å². The van der Waals surface area contributed by atoms with Crippen molar-refractivity contribution in [3.05, 3.63) is 53.6 Å². The Kier molecular flexibility index (Phi) is 6.35. The third-order valence-electron chi connectivity index (χ3n) is 5.37. The minimum Gasteiger partial charge on any atom is -0.351 e. The number of hydrogen-bond donors (Lipinski definition) is 1. The molecule has 1 fully saturated rings. The number of carbonyl (C=O) groups is 1. The second-order valence-electron chi connectivity index (χ2n) is 8.44. The Morgan fingerprint density at radius 3 is 2.52 bits per heavy atom. The highest BCUT2D eigenvalue weighted by Crippen LogP contribution is 2.31. The number of piperazine rings is 1. The third-order valence-corrected chi connectivity index (χ3v) is 6.85. The van der Waals surface area contributed by atoms with Crippen LogP contribution in [0.4, 0.5) is 20.6 Å². The second-order valence-corrected chi connectivity index (χ2v) is 10.3. The number of nitrogens with two attached hydrogens (primary N) is 1. The molecule has 2 N–H and O–H groups in total. The van der Waals surface area contributed by atoms with Gasteiger partial charge < -0.3 is 5.73 Å². The van der Waals surface area contributed by atoms with Gasteiger partial charge in [-0.05, 0) is 39.0 Å². The fourth-order valence-electron chi connectivity index (χ4n) is 4.07. The van der Waals surface area contributed by atoms with E-state index in [0.29, 0.717) is 30.9 Å². The quantitative estimate of drug-likeness (QED) is 0.756. The molecule has 1 aromatic heterocycles. The molecule has 1 aliphatic heterocycles. The van der Waals surface area contributed by atoms with Gasteiger partial charge in [-0.1, -0.05) is 12.1 Å². The van der Waals surface area contributed by atoms with E-state index in [1.807, 2.05) is 25.7 Å². The van der Waals surface area contributed by atoms with Crippen LogP contribution in [0.5, 0.6) is 0 Å². The summed E-state index contributed by atoms with van der Waals surface area (Å²) in [6, 6.07) is 7.38. The number of carbonyl (C=O) groups excluding carboxylic acids is 1. The summed E-state index contributed by atoms with van der Waals surface area (Å²) in [5.41, 5.74) is 6.51. The van der Waals surface area contributed by atoms with Crippen LogP contribution in [0, 0.1) is 12.7 Å². The van der Waals surface area contributed by atoms with Crippen LogP contribution in [0.3, 0.4) is 0 Å². The molecule has 0 aliphatic carbocycles. The minimum absolute atomic E-state index is 0.0460. The van der Waals surface area contributed by atoms with Gasteiger partial charge >= 0.3 is 6.03 Å². The first-order valence-corrected chi connectivity index (χ1v) is 11.7. The van der Waals surface area contributed by atoms with E-state index in [1.165, 1.54) is 22.8 Å². The maximum absolute atomic E-state index is 15.5. The Morgan fingerprint density at radius 2 is 1.97 bits per heavy atom. The van der Waals surface area contributed by atoms with E-state index >= 15 is 4.39 Å². The lowest BCUT2D eigenvalue weighted by Gasteiger charge is -2.45. The first-order valence-electron chi connectivity index (χ1n) is 9.90. The number of halogens is 1. The standard InChI is InChI=1S/C21H28FN5O3S/c1-15-8-9-17(12-24-15)27(20(23)28)18-7-5-6-16(19(18)22)13-25-10-11-26(31(4,29)30)21(2,3)14-25/h5-9,12H,10-11,13-14H2,1-4H3,(H2,23,28). The van der Waals surface area contributed by atoms with Gasteiger partial charge in [0.05, 0.1) is 23.8 Å². The average Bonchev–Trinajstić information content (AvgIpc) is 2.64. The lowest BCUT2D eigenvalue weighted by atomic mass is 10.0. The van der Waals surface area contributed by atoms with Gasteiger partial charge in [-0.3, -0.25) is 14.8 Å². The van der Waals surface area contributed by atoms with Crippen molar-refractivity contribution in [1.29, 1.82) is 0 Å². The number of sulfonamides is 1. The highest BCUT2D eigenvalue weighted by molar-refractivity contribution is 7.88. The molecule has 168 valence electrons.